The number of aromatic nitrogens is 1. The maximum Gasteiger partial charge on any atom is 0.308 e. The van der Waals surface area contributed by atoms with E-state index < -0.39 is 16.8 Å². The first-order valence-electron chi connectivity index (χ1n) is 5.81. The van der Waals surface area contributed by atoms with Gasteiger partial charge >= 0.3 is 5.97 Å². The molecule has 2 aromatic rings. The van der Waals surface area contributed by atoms with Crippen LogP contribution in [0.2, 0.25) is 0 Å². The highest BCUT2D eigenvalue weighted by Gasteiger charge is 2.16. The average Bonchev–Trinajstić information content (AvgIpc) is 2.47. The molecular weight excluding hydrogens is 278 g/mol. The summed E-state index contributed by atoms with van der Waals surface area (Å²) in [6.07, 6.45) is 1.55. The Morgan fingerprint density at radius 2 is 2.05 bits per heavy atom. The molecule has 1 aromatic carbocycles. The number of methoxy groups -OCH3 is 1. The molecule has 1 aromatic heterocycles. The summed E-state index contributed by atoms with van der Waals surface area (Å²) in [5.74, 6) is 0.289. The number of pyridine rings is 1. The lowest BCUT2D eigenvalue weighted by atomic mass is 10.3. The minimum absolute atomic E-state index is 0.238. The normalized spacial score (nSPS) is 11.7. The predicted molar refractivity (Wildman–Crippen MR) is 73.2 cm³/mol. The highest BCUT2D eigenvalue weighted by molar-refractivity contribution is 7.85. The van der Waals surface area contributed by atoms with Crippen molar-refractivity contribution >= 4 is 16.8 Å². The molecule has 0 bridgehead atoms. The summed E-state index contributed by atoms with van der Waals surface area (Å²) in [4.78, 5) is 15.5. The maximum absolute atomic E-state index is 12.5. The number of carbonyl (C=O) groups is 1. The largest absolute Gasteiger partial charge is 0.497 e. The molecule has 5 nitrogen and oxygen atoms in total. The van der Waals surface area contributed by atoms with Crippen molar-refractivity contribution in [2.45, 2.75) is 16.8 Å². The Labute approximate surface area is 119 Å². The molecule has 0 N–H and O–H groups in total. The Morgan fingerprint density at radius 1 is 1.25 bits per heavy atom. The molecule has 0 saturated heterocycles. The van der Waals surface area contributed by atoms with E-state index >= 15 is 0 Å². The number of hydrogen-bond donors (Lipinski definition) is 0. The Kier molecular flexibility index (Phi) is 4.47. The van der Waals surface area contributed by atoms with Crippen LogP contribution >= 0.6 is 0 Å². The Bertz CT molecular complexity index is 643. The van der Waals surface area contributed by atoms with Gasteiger partial charge in [0.1, 0.15) is 27.3 Å². The van der Waals surface area contributed by atoms with Gasteiger partial charge < -0.3 is 9.47 Å². The third kappa shape index (κ3) is 3.21. The zero-order valence-electron chi connectivity index (χ0n) is 11.0. The van der Waals surface area contributed by atoms with Crippen molar-refractivity contribution in [3.8, 4) is 11.5 Å². The number of nitrogens with zero attached hydrogens (tertiary/aromatic N) is 1. The molecule has 2 rings (SSSR count). The smallest absolute Gasteiger partial charge is 0.308 e. The van der Waals surface area contributed by atoms with E-state index in [2.05, 4.69) is 4.98 Å². The minimum Gasteiger partial charge on any atom is -0.497 e. The molecule has 0 radical (unpaired) electrons. The second-order valence-electron chi connectivity index (χ2n) is 3.84. The first kappa shape index (κ1) is 14.2. The highest BCUT2D eigenvalue weighted by Crippen LogP contribution is 2.29. The molecule has 1 heterocycles. The number of ether oxygens (including phenoxy) is 2. The van der Waals surface area contributed by atoms with Gasteiger partial charge in [0.15, 0.2) is 0 Å². The van der Waals surface area contributed by atoms with E-state index in [1.54, 1.807) is 42.6 Å². The van der Waals surface area contributed by atoms with Crippen molar-refractivity contribution in [3.63, 3.8) is 0 Å². The van der Waals surface area contributed by atoms with E-state index in [0.29, 0.717) is 15.7 Å². The van der Waals surface area contributed by atoms with Gasteiger partial charge in [-0.3, -0.25) is 4.79 Å². The first-order valence-corrected chi connectivity index (χ1v) is 6.96. The zero-order valence-corrected chi connectivity index (χ0v) is 11.8. The number of rotatable bonds is 4. The number of hydrogen-bond acceptors (Lipinski definition) is 5. The topological polar surface area (TPSA) is 65.5 Å². The summed E-state index contributed by atoms with van der Waals surface area (Å²) in [5.41, 5.74) is 0. The second kappa shape index (κ2) is 6.29. The predicted octanol–water partition coefficient (Wildman–Crippen LogP) is 2.18. The molecular formula is C14H13NO4S. The Morgan fingerprint density at radius 3 is 2.65 bits per heavy atom. The number of esters is 1. The van der Waals surface area contributed by atoms with Gasteiger partial charge in [-0.15, -0.1) is 0 Å². The highest BCUT2D eigenvalue weighted by atomic mass is 32.2. The SMILES string of the molecule is COc1ccc(OC(C)=O)c(S(=O)c2ccccn2)c1. The molecule has 20 heavy (non-hydrogen) atoms. The van der Waals surface area contributed by atoms with E-state index in [1.165, 1.54) is 14.0 Å². The molecule has 0 aliphatic heterocycles. The van der Waals surface area contributed by atoms with Crippen molar-refractivity contribution < 1.29 is 18.5 Å². The van der Waals surface area contributed by atoms with Crippen LogP contribution in [0.5, 0.6) is 11.5 Å². The molecule has 0 aliphatic rings. The van der Waals surface area contributed by atoms with Crippen LogP contribution in [0.4, 0.5) is 0 Å². The van der Waals surface area contributed by atoms with Crippen molar-refractivity contribution in [1.82, 2.24) is 4.98 Å². The van der Waals surface area contributed by atoms with Crippen molar-refractivity contribution in [3.05, 3.63) is 42.6 Å². The van der Waals surface area contributed by atoms with Crippen LogP contribution in [0, 0.1) is 0 Å². The molecule has 0 aliphatic carbocycles. The average molecular weight is 291 g/mol. The van der Waals surface area contributed by atoms with Crippen molar-refractivity contribution in [2.75, 3.05) is 7.11 Å². The Balaban J connectivity index is 2.47. The summed E-state index contributed by atoms with van der Waals surface area (Å²) >= 11 is 0. The fourth-order valence-corrected chi connectivity index (χ4v) is 2.67. The van der Waals surface area contributed by atoms with E-state index in [0.717, 1.165) is 0 Å². The van der Waals surface area contributed by atoms with E-state index in [-0.39, 0.29) is 5.75 Å². The lowest BCUT2D eigenvalue weighted by molar-refractivity contribution is -0.132. The second-order valence-corrected chi connectivity index (χ2v) is 5.24. The summed E-state index contributed by atoms with van der Waals surface area (Å²) < 4.78 is 22.7. The van der Waals surface area contributed by atoms with E-state index in [9.17, 15) is 9.00 Å². The van der Waals surface area contributed by atoms with Gasteiger partial charge in [-0.25, -0.2) is 9.19 Å². The quantitative estimate of drug-likeness (QED) is 0.638. The number of carbonyl (C=O) groups excluding carboxylic acids is 1. The fraction of sp³-hybridized carbons (Fsp3) is 0.143. The van der Waals surface area contributed by atoms with Crippen molar-refractivity contribution in [2.24, 2.45) is 0 Å². The van der Waals surface area contributed by atoms with Gasteiger partial charge in [0, 0.05) is 19.2 Å². The third-order valence-electron chi connectivity index (χ3n) is 2.43. The van der Waals surface area contributed by atoms with Crippen molar-refractivity contribution in [1.29, 1.82) is 0 Å². The van der Waals surface area contributed by atoms with Crippen LogP contribution in [0.15, 0.2) is 52.5 Å². The zero-order chi connectivity index (χ0) is 14.5. The van der Waals surface area contributed by atoms with Gasteiger partial charge in [-0.2, -0.15) is 0 Å². The monoisotopic (exact) mass is 291 g/mol. The van der Waals surface area contributed by atoms with Crippen LogP contribution in [-0.4, -0.2) is 22.3 Å². The molecule has 1 unspecified atom stereocenters. The minimum atomic E-state index is -1.55. The summed E-state index contributed by atoms with van der Waals surface area (Å²) in [6, 6.07) is 9.88. The first-order chi connectivity index (χ1) is 9.61. The van der Waals surface area contributed by atoms with Crippen LogP contribution in [0.25, 0.3) is 0 Å². The molecule has 0 fully saturated rings. The van der Waals surface area contributed by atoms with E-state index in [1.807, 2.05) is 0 Å². The van der Waals surface area contributed by atoms with Crippen LogP contribution in [-0.2, 0) is 15.6 Å². The Hall–Kier alpha value is -2.21. The van der Waals surface area contributed by atoms with Crippen LogP contribution in [0.3, 0.4) is 0 Å². The molecule has 0 spiro atoms. The third-order valence-corrected chi connectivity index (χ3v) is 3.77. The van der Waals surface area contributed by atoms with Crippen LogP contribution < -0.4 is 9.47 Å². The van der Waals surface area contributed by atoms with Gasteiger partial charge in [0.25, 0.3) is 0 Å². The fourth-order valence-electron chi connectivity index (χ4n) is 1.57. The standard InChI is InChI=1S/C14H13NO4S/c1-10(16)19-12-7-6-11(18-2)9-13(12)20(17)14-5-3-4-8-15-14/h3-9H,1-2H3. The molecule has 0 saturated carbocycles. The summed E-state index contributed by atoms with van der Waals surface area (Å²) in [6.45, 7) is 1.29. The maximum atomic E-state index is 12.5. The molecule has 104 valence electrons. The molecule has 1 atom stereocenters. The molecule has 0 amide bonds. The lowest BCUT2D eigenvalue weighted by Gasteiger charge is -2.10. The van der Waals surface area contributed by atoms with Crippen LogP contribution in [0.1, 0.15) is 6.92 Å². The van der Waals surface area contributed by atoms with Gasteiger partial charge in [-0.05, 0) is 24.3 Å². The molecule has 6 heteroatoms. The lowest BCUT2D eigenvalue weighted by Crippen LogP contribution is -2.06. The van der Waals surface area contributed by atoms with E-state index in [4.69, 9.17) is 9.47 Å². The van der Waals surface area contributed by atoms with Gasteiger partial charge in [0.2, 0.25) is 0 Å². The van der Waals surface area contributed by atoms with Gasteiger partial charge in [0.05, 0.1) is 12.0 Å². The summed E-state index contributed by atoms with van der Waals surface area (Å²) in [7, 11) is -0.0467. The summed E-state index contributed by atoms with van der Waals surface area (Å²) in [5, 5.41) is 0.383. The number of benzene rings is 1. The van der Waals surface area contributed by atoms with Gasteiger partial charge in [-0.1, -0.05) is 6.07 Å².